The Morgan fingerprint density at radius 1 is 1.14 bits per heavy atom. The number of esters is 1. The number of likely N-dealkylation sites (tertiary alicyclic amines) is 1. The zero-order valence-corrected chi connectivity index (χ0v) is 22.7. The maximum absolute atomic E-state index is 13.1. The van der Waals surface area contributed by atoms with Gasteiger partial charge in [0, 0.05) is 30.3 Å². The number of thioether (sulfide) groups is 1. The molecule has 1 aliphatic rings. The highest BCUT2D eigenvalue weighted by atomic mass is 32.2. The van der Waals surface area contributed by atoms with Crippen LogP contribution in [0.3, 0.4) is 0 Å². The van der Waals surface area contributed by atoms with Crippen LogP contribution in [0.25, 0.3) is 10.9 Å². The molecule has 7 heteroatoms. The molecule has 3 aromatic rings. The number of rotatable bonds is 10. The van der Waals surface area contributed by atoms with E-state index in [9.17, 15) is 9.59 Å². The molecule has 35 heavy (non-hydrogen) atoms. The number of aryl methyl sites for hydroxylation is 3. The quantitative estimate of drug-likeness (QED) is 0.250. The van der Waals surface area contributed by atoms with Crippen LogP contribution in [0, 0.1) is 19.3 Å². The molecule has 3 heterocycles. The molecule has 0 N–H and O–H groups in total. The Morgan fingerprint density at radius 3 is 2.66 bits per heavy atom. The molecule has 0 amide bonds. The molecule has 5 nitrogen and oxygen atoms in total. The summed E-state index contributed by atoms with van der Waals surface area (Å²) in [7, 11) is 0. The average molecular weight is 513 g/mol. The number of pyridine rings is 1. The SMILES string of the molecule is CCOC(=O)C1(CCCn2c(=O)cc(C)c3ccc(C)cc32)CCN(CCSc2cccs2)CC1. The van der Waals surface area contributed by atoms with E-state index >= 15 is 0 Å². The van der Waals surface area contributed by atoms with Gasteiger partial charge in [-0.1, -0.05) is 18.2 Å². The van der Waals surface area contributed by atoms with E-state index in [1.807, 2.05) is 30.2 Å². The normalized spacial score (nSPS) is 16.0. The predicted molar refractivity (Wildman–Crippen MR) is 147 cm³/mol. The molecule has 1 fully saturated rings. The van der Waals surface area contributed by atoms with Gasteiger partial charge in [-0.3, -0.25) is 9.59 Å². The molecule has 188 valence electrons. The summed E-state index contributed by atoms with van der Waals surface area (Å²) in [6.07, 6.45) is 3.16. The molecule has 0 atom stereocenters. The van der Waals surface area contributed by atoms with Crippen molar-refractivity contribution >= 4 is 40.0 Å². The number of carbonyl (C=O) groups excluding carboxylic acids is 1. The zero-order chi connectivity index (χ0) is 24.8. The summed E-state index contributed by atoms with van der Waals surface area (Å²) in [5, 5.41) is 3.23. The third kappa shape index (κ3) is 6.19. The van der Waals surface area contributed by atoms with Crippen molar-refractivity contribution in [1.29, 1.82) is 0 Å². The van der Waals surface area contributed by atoms with E-state index in [1.54, 1.807) is 17.4 Å². The van der Waals surface area contributed by atoms with Gasteiger partial charge in [-0.05, 0) is 88.2 Å². The van der Waals surface area contributed by atoms with E-state index < -0.39 is 5.41 Å². The van der Waals surface area contributed by atoms with E-state index in [-0.39, 0.29) is 11.5 Å². The number of fused-ring (bicyclic) bond motifs is 1. The molecule has 1 saturated heterocycles. The lowest BCUT2D eigenvalue weighted by Gasteiger charge is -2.40. The third-order valence-corrected chi connectivity index (χ3v) is 9.29. The predicted octanol–water partition coefficient (Wildman–Crippen LogP) is 5.90. The van der Waals surface area contributed by atoms with Crippen molar-refractivity contribution in [3.05, 3.63) is 63.3 Å². The van der Waals surface area contributed by atoms with Crippen molar-refractivity contribution in [3.8, 4) is 0 Å². The van der Waals surface area contributed by atoms with Crippen LogP contribution in [0.2, 0.25) is 0 Å². The number of aromatic nitrogens is 1. The lowest BCUT2D eigenvalue weighted by Crippen LogP contribution is -2.46. The first kappa shape index (κ1) is 26.0. The number of carbonyl (C=O) groups is 1. The fraction of sp³-hybridized carbons (Fsp3) is 0.500. The van der Waals surface area contributed by atoms with Crippen LogP contribution in [0.4, 0.5) is 0 Å². The highest BCUT2D eigenvalue weighted by Crippen LogP contribution is 2.38. The second-order valence-electron chi connectivity index (χ2n) is 9.56. The molecule has 2 aromatic heterocycles. The molecule has 0 aliphatic carbocycles. The third-order valence-electron chi connectivity index (χ3n) is 7.18. The minimum atomic E-state index is -0.451. The van der Waals surface area contributed by atoms with Gasteiger partial charge in [-0.2, -0.15) is 0 Å². The number of piperidine rings is 1. The van der Waals surface area contributed by atoms with Crippen LogP contribution in [0.5, 0.6) is 0 Å². The van der Waals surface area contributed by atoms with E-state index in [0.29, 0.717) is 13.2 Å². The lowest BCUT2D eigenvalue weighted by molar-refractivity contribution is -0.159. The summed E-state index contributed by atoms with van der Waals surface area (Å²) in [6.45, 7) is 9.80. The topological polar surface area (TPSA) is 51.5 Å². The van der Waals surface area contributed by atoms with E-state index in [1.165, 1.54) is 4.21 Å². The Bertz CT molecular complexity index is 1190. The van der Waals surface area contributed by atoms with Crippen molar-refractivity contribution in [2.75, 3.05) is 32.0 Å². The Balaban J connectivity index is 1.40. The van der Waals surface area contributed by atoms with Gasteiger partial charge in [0.25, 0.3) is 5.56 Å². The fourth-order valence-corrected chi connectivity index (χ4v) is 6.99. The average Bonchev–Trinajstić information content (AvgIpc) is 3.36. The van der Waals surface area contributed by atoms with E-state index in [4.69, 9.17) is 4.74 Å². The molecule has 0 saturated carbocycles. The second-order valence-corrected chi connectivity index (χ2v) is 11.9. The zero-order valence-electron chi connectivity index (χ0n) is 21.0. The number of hydrogen-bond acceptors (Lipinski definition) is 6. The second kappa shape index (κ2) is 11.8. The number of benzene rings is 1. The Labute approximate surface area is 216 Å². The van der Waals surface area contributed by atoms with E-state index in [0.717, 1.165) is 73.1 Å². The van der Waals surface area contributed by atoms with Crippen molar-refractivity contribution in [2.24, 2.45) is 5.41 Å². The minimum Gasteiger partial charge on any atom is -0.466 e. The molecule has 1 aromatic carbocycles. The van der Waals surface area contributed by atoms with Crippen LogP contribution >= 0.6 is 23.1 Å². The van der Waals surface area contributed by atoms with Gasteiger partial charge in [0.2, 0.25) is 0 Å². The maximum atomic E-state index is 13.1. The summed E-state index contributed by atoms with van der Waals surface area (Å²) in [5.41, 5.74) is 2.72. The number of thiophene rings is 1. The van der Waals surface area contributed by atoms with Crippen molar-refractivity contribution in [2.45, 2.75) is 57.2 Å². The van der Waals surface area contributed by atoms with Crippen molar-refractivity contribution in [1.82, 2.24) is 9.47 Å². The number of nitrogens with zero attached hydrogens (tertiary/aromatic N) is 2. The molecular formula is C28H36N2O3S2. The van der Waals surface area contributed by atoms with Gasteiger partial charge < -0.3 is 14.2 Å². The van der Waals surface area contributed by atoms with Gasteiger partial charge in [-0.25, -0.2) is 0 Å². The van der Waals surface area contributed by atoms with Gasteiger partial charge in [0.15, 0.2) is 0 Å². The highest BCUT2D eigenvalue weighted by Gasteiger charge is 2.42. The first-order valence-electron chi connectivity index (χ1n) is 12.6. The molecule has 0 unspecified atom stereocenters. The molecule has 1 aliphatic heterocycles. The summed E-state index contributed by atoms with van der Waals surface area (Å²) >= 11 is 3.69. The smallest absolute Gasteiger partial charge is 0.312 e. The Morgan fingerprint density at radius 2 is 1.94 bits per heavy atom. The van der Waals surface area contributed by atoms with Crippen LogP contribution < -0.4 is 5.56 Å². The molecule has 0 spiro atoms. The summed E-state index contributed by atoms with van der Waals surface area (Å²) in [5.74, 6) is 1.00. The summed E-state index contributed by atoms with van der Waals surface area (Å²) in [6, 6.07) is 12.3. The van der Waals surface area contributed by atoms with Crippen LogP contribution in [0.1, 0.15) is 43.7 Å². The number of hydrogen-bond donors (Lipinski definition) is 0. The fourth-order valence-electron chi connectivity index (χ4n) is 5.13. The summed E-state index contributed by atoms with van der Waals surface area (Å²) in [4.78, 5) is 28.4. The van der Waals surface area contributed by atoms with Crippen LogP contribution in [-0.2, 0) is 16.1 Å². The molecule has 0 bridgehead atoms. The Hall–Kier alpha value is -2.09. The Kier molecular flexibility index (Phi) is 8.73. The minimum absolute atomic E-state index is 0.0313. The first-order chi connectivity index (χ1) is 16.9. The molecule has 4 rings (SSSR count). The largest absolute Gasteiger partial charge is 0.466 e. The lowest BCUT2D eigenvalue weighted by atomic mass is 9.74. The van der Waals surface area contributed by atoms with Crippen LogP contribution in [0.15, 0.2) is 50.8 Å². The van der Waals surface area contributed by atoms with Gasteiger partial charge in [0.1, 0.15) is 0 Å². The standard InChI is InChI=1S/C28H36N2O3S2/c1-4-33-27(32)28(11-14-29(15-12-28)16-18-35-26-7-5-17-34-26)10-6-13-30-24-19-21(2)8-9-23(24)22(3)20-25(30)31/h5,7-9,17,19-20H,4,6,10-16,18H2,1-3H3. The monoisotopic (exact) mass is 512 g/mol. The van der Waals surface area contributed by atoms with Gasteiger partial charge in [-0.15, -0.1) is 23.1 Å². The molecule has 0 radical (unpaired) electrons. The number of ether oxygens (including phenoxy) is 1. The van der Waals surface area contributed by atoms with E-state index in [2.05, 4.69) is 47.5 Å². The van der Waals surface area contributed by atoms with Crippen LogP contribution in [-0.4, -0.2) is 47.4 Å². The maximum Gasteiger partial charge on any atom is 0.312 e. The first-order valence-corrected chi connectivity index (χ1v) is 14.4. The van der Waals surface area contributed by atoms with Crippen molar-refractivity contribution in [3.63, 3.8) is 0 Å². The molecular weight excluding hydrogens is 476 g/mol. The van der Waals surface area contributed by atoms with Gasteiger partial charge in [0.05, 0.1) is 21.7 Å². The summed E-state index contributed by atoms with van der Waals surface area (Å²) < 4.78 is 8.79. The highest BCUT2D eigenvalue weighted by molar-refractivity contribution is 8.01. The van der Waals surface area contributed by atoms with Crippen molar-refractivity contribution < 1.29 is 9.53 Å². The van der Waals surface area contributed by atoms with Gasteiger partial charge >= 0.3 is 5.97 Å².